The van der Waals surface area contributed by atoms with Crippen molar-refractivity contribution in [3.63, 3.8) is 0 Å². The van der Waals surface area contributed by atoms with Gasteiger partial charge in [-0.25, -0.2) is 13.1 Å². The number of piperidine rings is 1. The van der Waals surface area contributed by atoms with Crippen LogP contribution in [0.2, 0.25) is 0 Å². The van der Waals surface area contributed by atoms with Gasteiger partial charge in [-0.05, 0) is 44.0 Å². The van der Waals surface area contributed by atoms with E-state index in [0.717, 1.165) is 37.1 Å². The highest BCUT2D eigenvalue weighted by Gasteiger charge is 2.22. The normalized spacial score (nSPS) is 21.0. The first-order chi connectivity index (χ1) is 10.00. The summed E-state index contributed by atoms with van der Waals surface area (Å²) in [6.45, 7) is 2.77. The first-order valence-corrected chi connectivity index (χ1v) is 9.03. The van der Waals surface area contributed by atoms with Crippen molar-refractivity contribution in [2.45, 2.75) is 38.3 Å². The third kappa shape index (κ3) is 4.98. The molecule has 1 aromatic carbocycles. The second kappa shape index (κ2) is 7.24. The number of hydrogen-bond acceptors (Lipinski definition) is 4. The second-order valence-corrected chi connectivity index (χ2v) is 7.34. The molecule has 118 valence electrons. The van der Waals surface area contributed by atoms with Crippen LogP contribution in [-0.2, 0) is 10.0 Å². The van der Waals surface area contributed by atoms with Crippen LogP contribution in [0, 0.1) is 0 Å². The first kappa shape index (κ1) is 16.3. The van der Waals surface area contributed by atoms with Gasteiger partial charge in [-0.3, -0.25) is 0 Å². The van der Waals surface area contributed by atoms with Gasteiger partial charge in [-0.1, -0.05) is 18.6 Å². The van der Waals surface area contributed by atoms with Crippen molar-refractivity contribution in [2.24, 2.45) is 0 Å². The Bertz CT molecular complexity index is 537. The summed E-state index contributed by atoms with van der Waals surface area (Å²) in [5.41, 5.74) is 0.927. The lowest BCUT2D eigenvalue weighted by molar-refractivity contribution is 0.414. The Morgan fingerprint density at radius 2 is 2.05 bits per heavy atom. The molecule has 1 saturated heterocycles. The second-order valence-electron chi connectivity index (χ2n) is 5.54. The summed E-state index contributed by atoms with van der Waals surface area (Å²) in [4.78, 5) is 0. The smallest absolute Gasteiger partial charge is 0.213 e. The average molecular weight is 312 g/mol. The minimum Gasteiger partial charge on any atom is -0.497 e. The number of rotatable bonds is 6. The van der Waals surface area contributed by atoms with Crippen LogP contribution in [0.15, 0.2) is 24.3 Å². The topological polar surface area (TPSA) is 67.4 Å². The van der Waals surface area contributed by atoms with E-state index in [-0.39, 0.29) is 17.8 Å². The number of sulfonamides is 1. The lowest BCUT2D eigenvalue weighted by atomic mass is 10.1. The molecule has 0 radical (unpaired) electrons. The Balaban J connectivity index is 1.94. The van der Waals surface area contributed by atoms with Gasteiger partial charge in [0.15, 0.2) is 0 Å². The third-order valence-corrected chi connectivity index (χ3v) is 5.36. The molecule has 1 fully saturated rings. The van der Waals surface area contributed by atoms with Gasteiger partial charge in [-0.2, -0.15) is 0 Å². The fourth-order valence-electron chi connectivity index (χ4n) is 2.61. The molecule has 0 spiro atoms. The van der Waals surface area contributed by atoms with E-state index in [1.54, 1.807) is 7.11 Å². The maximum Gasteiger partial charge on any atom is 0.213 e. The van der Waals surface area contributed by atoms with Crippen LogP contribution in [-0.4, -0.2) is 33.9 Å². The van der Waals surface area contributed by atoms with Crippen LogP contribution >= 0.6 is 0 Å². The van der Waals surface area contributed by atoms with Crippen LogP contribution in [0.1, 0.15) is 37.8 Å². The van der Waals surface area contributed by atoms with Crippen molar-refractivity contribution in [3.05, 3.63) is 29.8 Å². The summed E-state index contributed by atoms with van der Waals surface area (Å²) in [7, 11) is -1.68. The maximum atomic E-state index is 12.2. The largest absolute Gasteiger partial charge is 0.497 e. The predicted molar refractivity (Wildman–Crippen MR) is 84.0 cm³/mol. The third-order valence-electron chi connectivity index (χ3n) is 3.81. The fourth-order valence-corrected chi connectivity index (χ4v) is 4.19. The standard InChI is InChI=1S/C15H24N2O3S/c1-12(13-6-8-15(20-2)9-7-13)17-21(18,19)11-14-5-3-4-10-16-14/h6-9,12,14,16-17H,3-5,10-11H2,1-2H3. The van der Waals surface area contributed by atoms with E-state index in [1.807, 2.05) is 31.2 Å². The number of methoxy groups -OCH3 is 1. The fraction of sp³-hybridized carbons (Fsp3) is 0.600. The molecular formula is C15H24N2O3S. The summed E-state index contributed by atoms with van der Waals surface area (Å²) in [5, 5.41) is 3.27. The first-order valence-electron chi connectivity index (χ1n) is 7.37. The minimum absolute atomic E-state index is 0.0688. The molecule has 0 bridgehead atoms. The zero-order valence-corrected chi connectivity index (χ0v) is 13.4. The van der Waals surface area contributed by atoms with E-state index >= 15 is 0 Å². The molecule has 2 atom stereocenters. The minimum atomic E-state index is -3.29. The Kier molecular flexibility index (Phi) is 5.61. The zero-order valence-electron chi connectivity index (χ0n) is 12.6. The maximum absolute atomic E-state index is 12.2. The molecule has 0 saturated carbocycles. The average Bonchev–Trinajstić information content (AvgIpc) is 2.47. The van der Waals surface area contributed by atoms with E-state index in [1.165, 1.54) is 0 Å². The number of hydrogen-bond donors (Lipinski definition) is 2. The van der Waals surface area contributed by atoms with Gasteiger partial charge in [0.2, 0.25) is 10.0 Å². The summed E-state index contributed by atoms with van der Waals surface area (Å²) in [6, 6.07) is 7.25. The van der Waals surface area contributed by atoms with E-state index in [9.17, 15) is 8.42 Å². The molecule has 5 nitrogen and oxygen atoms in total. The van der Waals surface area contributed by atoms with Gasteiger partial charge in [0.05, 0.1) is 12.9 Å². The molecule has 2 unspecified atom stereocenters. The monoisotopic (exact) mass is 312 g/mol. The Morgan fingerprint density at radius 1 is 1.33 bits per heavy atom. The molecule has 1 heterocycles. The van der Waals surface area contributed by atoms with Crippen molar-refractivity contribution in [2.75, 3.05) is 19.4 Å². The van der Waals surface area contributed by atoms with Crippen LogP contribution in [0.3, 0.4) is 0 Å². The van der Waals surface area contributed by atoms with Crippen LogP contribution in [0.4, 0.5) is 0 Å². The van der Waals surface area contributed by atoms with E-state index in [4.69, 9.17) is 4.74 Å². The van der Waals surface area contributed by atoms with Crippen LogP contribution in [0.25, 0.3) is 0 Å². The quantitative estimate of drug-likeness (QED) is 0.841. The van der Waals surface area contributed by atoms with Crippen LogP contribution in [0.5, 0.6) is 5.75 Å². The Labute approximate surface area is 127 Å². The highest BCUT2D eigenvalue weighted by Crippen LogP contribution is 2.18. The highest BCUT2D eigenvalue weighted by atomic mass is 32.2. The molecule has 21 heavy (non-hydrogen) atoms. The number of nitrogens with one attached hydrogen (secondary N) is 2. The van der Waals surface area contributed by atoms with Crippen molar-refractivity contribution >= 4 is 10.0 Å². The summed E-state index contributed by atoms with van der Waals surface area (Å²) < 4.78 is 32.3. The zero-order chi connectivity index (χ0) is 15.3. The van der Waals surface area contributed by atoms with Crippen molar-refractivity contribution in [1.29, 1.82) is 0 Å². The van der Waals surface area contributed by atoms with E-state index in [2.05, 4.69) is 10.0 Å². The molecule has 0 aliphatic carbocycles. The molecule has 0 aromatic heterocycles. The van der Waals surface area contributed by atoms with Crippen molar-refractivity contribution in [3.8, 4) is 5.75 Å². The van der Waals surface area contributed by atoms with Gasteiger partial charge in [-0.15, -0.1) is 0 Å². The Morgan fingerprint density at radius 3 is 2.62 bits per heavy atom. The predicted octanol–water partition coefficient (Wildman–Crippen LogP) is 1.82. The Hall–Kier alpha value is -1.11. The van der Waals surface area contributed by atoms with Crippen molar-refractivity contribution < 1.29 is 13.2 Å². The van der Waals surface area contributed by atoms with Gasteiger partial charge in [0, 0.05) is 12.1 Å². The number of benzene rings is 1. The lowest BCUT2D eigenvalue weighted by Gasteiger charge is -2.24. The van der Waals surface area contributed by atoms with Gasteiger partial charge in [0.1, 0.15) is 5.75 Å². The molecule has 2 N–H and O–H groups in total. The molecule has 0 amide bonds. The van der Waals surface area contributed by atoms with Crippen molar-refractivity contribution in [1.82, 2.24) is 10.0 Å². The molecule has 6 heteroatoms. The molecule has 1 aromatic rings. The summed E-state index contributed by atoms with van der Waals surface area (Å²) in [6.07, 6.45) is 3.16. The SMILES string of the molecule is COc1ccc(C(C)NS(=O)(=O)CC2CCCCN2)cc1. The summed E-state index contributed by atoms with van der Waals surface area (Å²) >= 11 is 0. The van der Waals surface area contributed by atoms with Crippen LogP contribution < -0.4 is 14.8 Å². The lowest BCUT2D eigenvalue weighted by Crippen LogP contribution is -2.43. The van der Waals surface area contributed by atoms with E-state index < -0.39 is 10.0 Å². The number of ether oxygens (including phenoxy) is 1. The molecule has 2 rings (SSSR count). The highest BCUT2D eigenvalue weighted by molar-refractivity contribution is 7.89. The molecular weight excluding hydrogens is 288 g/mol. The van der Waals surface area contributed by atoms with Gasteiger partial charge >= 0.3 is 0 Å². The van der Waals surface area contributed by atoms with Gasteiger partial charge < -0.3 is 10.1 Å². The summed E-state index contributed by atoms with van der Waals surface area (Å²) in [5.74, 6) is 0.910. The van der Waals surface area contributed by atoms with Gasteiger partial charge in [0.25, 0.3) is 0 Å². The van der Waals surface area contributed by atoms with E-state index in [0.29, 0.717) is 0 Å². The molecule has 1 aliphatic heterocycles. The molecule has 1 aliphatic rings.